The Bertz CT molecular complexity index is 300. The molecule has 0 radical (unpaired) electrons. The first-order valence-corrected chi connectivity index (χ1v) is 5.46. The maximum absolute atomic E-state index is 11.1. The number of ether oxygens (including phenoxy) is 1. The molecule has 1 aromatic heterocycles. The van der Waals surface area contributed by atoms with Gasteiger partial charge in [0.1, 0.15) is 4.83 Å². The fourth-order valence-corrected chi connectivity index (χ4v) is 1.92. The number of furan rings is 1. The Morgan fingerprint density at radius 1 is 1.73 bits per heavy atom. The molecular weight excluding hydrogens is 262 g/mol. The molecule has 1 rings (SSSR count). The van der Waals surface area contributed by atoms with Crippen LogP contribution >= 0.6 is 15.9 Å². The summed E-state index contributed by atoms with van der Waals surface area (Å²) in [4.78, 5) is 12.9. The summed E-state index contributed by atoms with van der Waals surface area (Å²) in [7, 11) is 3.32. The van der Waals surface area contributed by atoms with Crippen molar-refractivity contribution in [3.8, 4) is 0 Å². The van der Waals surface area contributed by atoms with Crippen molar-refractivity contribution in [2.75, 3.05) is 20.7 Å². The highest BCUT2D eigenvalue weighted by Crippen LogP contribution is 2.08. The molecule has 4 nitrogen and oxygen atoms in total. The van der Waals surface area contributed by atoms with Crippen molar-refractivity contribution in [1.82, 2.24) is 4.90 Å². The van der Waals surface area contributed by atoms with Gasteiger partial charge in [0, 0.05) is 18.7 Å². The zero-order valence-electron chi connectivity index (χ0n) is 8.77. The zero-order valence-corrected chi connectivity index (χ0v) is 10.4. The minimum atomic E-state index is -0.292. The van der Waals surface area contributed by atoms with Gasteiger partial charge in [-0.15, -0.1) is 0 Å². The van der Waals surface area contributed by atoms with Crippen LogP contribution in [0.1, 0.15) is 5.56 Å². The predicted molar refractivity (Wildman–Crippen MR) is 59.8 cm³/mol. The summed E-state index contributed by atoms with van der Waals surface area (Å²) in [5, 5.41) is 0. The van der Waals surface area contributed by atoms with Crippen molar-refractivity contribution in [2.24, 2.45) is 0 Å². The molecule has 0 N–H and O–H groups in total. The number of hydrogen-bond acceptors (Lipinski definition) is 4. The number of esters is 1. The van der Waals surface area contributed by atoms with E-state index in [9.17, 15) is 4.79 Å². The summed E-state index contributed by atoms with van der Waals surface area (Å²) in [5.74, 6) is -0.256. The van der Waals surface area contributed by atoms with E-state index in [4.69, 9.17) is 4.42 Å². The second-order valence-electron chi connectivity index (χ2n) is 3.32. The molecule has 0 fully saturated rings. The molecule has 0 aliphatic heterocycles. The topological polar surface area (TPSA) is 42.7 Å². The fraction of sp³-hybridized carbons (Fsp3) is 0.500. The smallest absolute Gasteiger partial charge is 0.320 e. The third kappa shape index (κ3) is 4.05. The van der Waals surface area contributed by atoms with Crippen LogP contribution < -0.4 is 0 Å². The molecule has 0 bridgehead atoms. The van der Waals surface area contributed by atoms with Crippen LogP contribution in [0.3, 0.4) is 0 Å². The van der Waals surface area contributed by atoms with Gasteiger partial charge >= 0.3 is 5.97 Å². The minimum absolute atomic E-state index is 0.256. The zero-order chi connectivity index (χ0) is 11.3. The van der Waals surface area contributed by atoms with Crippen LogP contribution in [0.2, 0.25) is 0 Å². The Kier molecular flexibility index (Phi) is 4.84. The van der Waals surface area contributed by atoms with Crippen molar-refractivity contribution >= 4 is 21.9 Å². The lowest BCUT2D eigenvalue weighted by Crippen LogP contribution is -2.31. The van der Waals surface area contributed by atoms with Gasteiger partial charge in [-0.25, -0.2) is 0 Å². The Morgan fingerprint density at radius 2 is 2.47 bits per heavy atom. The SMILES string of the molecule is COC(=O)C(Br)CN(C)Cc1ccoc1. The number of carbonyl (C=O) groups excluding carboxylic acids is 1. The van der Waals surface area contributed by atoms with Crippen molar-refractivity contribution in [3.63, 3.8) is 0 Å². The van der Waals surface area contributed by atoms with Crippen LogP contribution in [0.15, 0.2) is 23.0 Å². The Labute approximate surface area is 97.3 Å². The Morgan fingerprint density at radius 3 is 3.00 bits per heavy atom. The van der Waals surface area contributed by atoms with Gasteiger partial charge in [0.25, 0.3) is 0 Å². The molecule has 1 atom stereocenters. The van der Waals surface area contributed by atoms with Crippen molar-refractivity contribution in [2.45, 2.75) is 11.4 Å². The summed E-state index contributed by atoms with van der Waals surface area (Å²) in [6, 6.07) is 1.90. The summed E-state index contributed by atoms with van der Waals surface area (Å²) < 4.78 is 9.58. The monoisotopic (exact) mass is 275 g/mol. The first kappa shape index (κ1) is 12.3. The van der Waals surface area contributed by atoms with Crippen molar-refractivity contribution in [1.29, 1.82) is 0 Å². The first-order valence-electron chi connectivity index (χ1n) is 4.55. The van der Waals surface area contributed by atoms with Crippen LogP contribution in [0.25, 0.3) is 0 Å². The predicted octanol–water partition coefficient (Wildman–Crippen LogP) is 1.65. The normalized spacial score (nSPS) is 12.8. The molecule has 0 spiro atoms. The van der Waals surface area contributed by atoms with E-state index in [2.05, 4.69) is 20.7 Å². The molecule has 1 heterocycles. The highest BCUT2D eigenvalue weighted by atomic mass is 79.9. The van der Waals surface area contributed by atoms with Gasteiger partial charge in [-0.05, 0) is 13.1 Å². The Hall–Kier alpha value is -0.810. The van der Waals surface area contributed by atoms with Crippen LogP contribution in [0.4, 0.5) is 0 Å². The summed E-state index contributed by atoms with van der Waals surface area (Å²) in [6.45, 7) is 1.34. The van der Waals surface area contributed by atoms with Crippen LogP contribution in [0, 0.1) is 0 Å². The van der Waals surface area contributed by atoms with Crippen LogP contribution in [-0.2, 0) is 16.1 Å². The summed E-state index contributed by atoms with van der Waals surface area (Å²) >= 11 is 3.27. The lowest BCUT2D eigenvalue weighted by molar-refractivity contribution is -0.140. The molecule has 0 aromatic carbocycles. The van der Waals surface area contributed by atoms with Crippen molar-refractivity contribution < 1.29 is 13.9 Å². The molecule has 1 unspecified atom stereocenters. The van der Waals surface area contributed by atoms with Gasteiger partial charge < -0.3 is 14.1 Å². The Balaban J connectivity index is 2.35. The maximum atomic E-state index is 11.1. The van der Waals surface area contributed by atoms with Gasteiger partial charge in [0.05, 0.1) is 19.6 Å². The van der Waals surface area contributed by atoms with Gasteiger partial charge in [0.15, 0.2) is 0 Å². The number of alkyl halides is 1. The highest BCUT2D eigenvalue weighted by molar-refractivity contribution is 9.10. The lowest BCUT2D eigenvalue weighted by atomic mass is 10.3. The molecular formula is C10H14BrNO3. The standard InChI is InChI=1S/C10H14BrNO3/c1-12(5-8-3-4-15-7-8)6-9(11)10(13)14-2/h3-4,7,9H,5-6H2,1-2H3. The average Bonchev–Trinajstić information content (AvgIpc) is 2.68. The maximum Gasteiger partial charge on any atom is 0.320 e. The second kappa shape index (κ2) is 5.92. The molecule has 15 heavy (non-hydrogen) atoms. The second-order valence-corrected chi connectivity index (χ2v) is 4.42. The minimum Gasteiger partial charge on any atom is -0.472 e. The molecule has 0 aliphatic rings. The third-order valence-corrected chi connectivity index (χ3v) is 2.62. The van der Waals surface area contributed by atoms with E-state index in [-0.39, 0.29) is 10.8 Å². The van der Waals surface area contributed by atoms with E-state index in [1.165, 1.54) is 7.11 Å². The van der Waals surface area contributed by atoms with Gasteiger partial charge in [0.2, 0.25) is 0 Å². The molecule has 1 aromatic rings. The summed E-state index contributed by atoms with van der Waals surface area (Å²) in [5.41, 5.74) is 1.09. The van der Waals surface area contributed by atoms with E-state index in [0.29, 0.717) is 6.54 Å². The summed E-state index contributed by atoms with van der Waals surface area (Å²) in [6.07, 6.45) is 3.33. The number of rotatable bonds is 5. The fourth-order valence-electron chi connectivity index (χ4n) is 1.23. The number of halogens is 1. The highest BCUT2D eigenvalue weighted by Gasteiger charge is 2.17. The number of methoxy groups -OCH3 is 1. The molecule has 0 amide bonds. The largest absolute Gasteiger partial charge is 0.472 e. The lowest BCUT2D eigenvalue weighted by Gasteiger charge is -2.17. The molecule has 84 valence electrons. The molecule has 0 aliphatic carbocycles. The van der Waals surface area contributed by atoms with Crippen LogP contribution in [-0.4, -0.2) is 36.4 Å². The average molecular weight is 276 g/mol. The van der Waals surface area contributed by atoms with E-state index in [1.807, 2.05) is 18.0 Å². The number of nitrogens with zero attached hydrogens (tertiary/aromatic N) is 1. The number of carbonyl (C=O) groups is 1. The van der Waals surface area contributed by atoms with Gasteiger partial charge in [-0.2, -0.15) is 0 Å². The third-order valence-electron chi connectivity index (χ3n) is 1.96. The quantitative estimate of drug-likeness (QED) is 0.606. The van der Waals surface area contributed by atoms with Gasteiger partial charge in [-0.1, -0.05) is 15.9 Å². The molecule has 5 heteroatoms. The van der Waals surface area contributed by atoms with E-state index < -0.39 is 0 Å². The van der Waals surface area contributed by atoms with Crippen LogP contribution in [0.5, 0.6) is 0 Å². The number of hydrogen-bond donors (Lipinski definition) is 0. The van der Waals surface area contributed by atoms with E-state index in [0.717, 1.165) is 12.1 Å². The molecule has 0 saturated heterocycles. The first-order chi connectivity index (χ1) is 7.13. The van der Waals surface area contributed by atoms with Gasteiger partial charge in [-0.3, -0.25) is 4.79 Å². The molecule has 0 saturated carbocycles. The van der Waals surface area contributed by atoms with E-state index >= 15 is 0 Å². The van der Waals surface area contributed by atoms with Crippen molar-refractivity contribution in [3.05, 3.63) is 24.2 Å². The van der Waals surface area contributed by atoms with E-state index in [1.54, 1.807) is 12.5 Å².